The van der Waals surface area contributed by atoms with Crippen LogP contribution in [0, 0.1) is 0 Å². The molecule has 0 amide bonds. The zero-order valence-electron chi connectivity index (χ0n) is 8.99. The SMILES string of the molecule is N[C@@H](CCC(=O)[O-])C(=O)[O-].O=S(=O)([O-])O.[Mg+2].[Na+]. The summed E-state index contributed by atoms with van der Waals surface area (Å²) >= 11 is 0. The number of aliphatic carboxylic acids is 2. The van der Waals surface area contributed by atoms with E-state index in [0.29, 0.717) is 0 Å². The predicted molar refractivity (Wildman–Crippen MR) is 45.3 cm³/mol. The van der Waals surface area contributed by atoms with Gasteiger partial charge < -0.3 is 30.1 Å². The van der Waals surface area contributed by atoms with Gasteiger partial charge in [-0.1, -0.05) is 0 Å². The maximum atomic E-state index is 9.86. The topological polar surface area (TPSA) is 184 Å². The zero-order valence-corrected chi connectivity index (χ0v) is 13.2. The van der Waals surface area contributed by atoms with Crippen LogP contribution in [0.3, 0.4) is 0 Å². The van der Waals surface area contributed by atoms with Crippen LogP contribution >= 0.6 is 0 Å². The fourth-order valence-corrected chi connectivity index (χ4v) is 0.391. The largest absolute Gasteiger partial charge is 2.00 e. The smallest absolute Gasteiger partial charge is 0.726 e. The molecule has 0 heterocycles. The van der Waals surface area contributed by atoms with Gasteiger partial charge in [-0.2, -0.15) is 0 Å². The van der Waals surface area contributed by atoms with Gasteiger partial charge in [0.05, 0.1) is 5.97 Å². The second-order valence-electron chi connectivity index (χ2n) is 2.26. The van der Waals surface area contributed by atoms with Crippen LogP contribution in [0.2, 0.25) is 0 Å². The zero-order chi connectivity index (χ0) is 12.6. The number of carbonyl (C=O) groups excluding carboxylic acids is 2. The molecule has 0 aliphatic heterocycles. The van der Waals surface area contributed by atoms with Crippen molar-refractivity contribution in [1.29, 1.82) is 0 Å². The third kappa shape index (κ3) is 38.4. The summed E-state index contributed by atoms with van der Waals surface area (Å²) in [5, 5.41) is 19.6. The van der Waals surface area contributed by atoms with Crippen LogP contribution in [0.25, 0.3) is 0 Å². The molecule has 0 spiro atoms. The van der Waals surface area contributed by atoms with Gasteiger partial charge in [0.2, 0.25) is 10.4 Å². The van der Waals surface area contributed by atoms with Crippen LogP contribution in [0.4, 0.5) is 0 Å². The minimum absolute atomic E-state index is 0. The Labute approximate surface area is 136 Å². The minimum Gasteiger partial charge on any atom is -0.726 e. The number of rotatable bonds is 4. The molecule has 0 radical (unpaired) electrons. The number of carbonyl (C=O) groups is 2. The molecule has 0 unspecified atom stereocenters. The average Bonchev–Trinajstić information content (AvgIpc) is 1.96. The third-order valence-electron chi connectivity index (χ3n) is 0.962. The van der Waals surface area contributed by atoms with Crippen LogP contribution in [-0.2, 0) is 20.0 Å². The molecular weight excluding hydrogens is 281 g/mol. The molecule has 0 aromatic heterocycles. The van der Waals surface area contributed by atoms with Crippen molar-refractivity contribution >= 4 is 45.4 Å². The molecule has 0 rings (SSSR count). The Hall–Kier alpha value is 0.536. The number of carboxylic acid groups (broad SMARTS) is 2. The first-order valence-corrected chi connectivity index (χ1v) is 4.75. The molecule has 90 valence electrons. The van der Waals surface area contributed by atoms with Crippen LogP contribution < -0.4 is 45.5 Å². The van der Waals surface area contributed by atoms with Gasteiger partial charge in [-0.25, -0.2) is 8.42 Å². The van der Waals surface area contributed by atoms with Crippen LogP contribution in [0.1, 0.15) is 12.8 Å². The molecule has 1 atom stereocenters. The molecule has 0 saturated heterocycles. The first-order chi connectivity index (χ1) is 6.54. The van der Waals surface area contributed by atoms with E-state index in [2.05, 4.69) is 0 Å². The first kappa shape index (κ1) is 26.2. The molecule has 0 aromatic rings. The summed E-state index contributed by atoms with van der Waals surface area (Å²) in [6.07, 6.45) is -0.500. The van der Waals surface area contributed by atoms with Crippen molar-refractivity contribution in [3.05, 3.63) is 0 Å². The molecule has 0 fully saturated rings. The van der Waals surface area contributed by atoms with Gasteiger partial charge in [0.25, 0.3) is 0 Å². The van der Waals surface area contributed by atoms with Gasteiger partial charge in [0.15, 0.2) is 0 Å². The van der Waals surface area contributed by atoms with Crippen LogP contribution in [0.5, 0.6) is 0 Å². The second-order valence-corrected chi connectivity index (χ2v) is 3.12. The molecule has 0 aliphatic carbocycles. The summed E-state index contributed by atoms with van der Waals surface area (Å²) < 4.78 is 32.8. The Bertz CT molecular complexity index is 312. The van der Waals surface area contributed by atoms with E-state index < -0.39 is 28.4 Å². The summed E-state index contributed by atoms with van der Waals surface area (Å²) in [7, 11) is -4.92. The Morgan fingerprint density at radius 3 is 1.76 bits per heavy atom. The summed E-state index contributed by atoms with van der Waals surface area (Å²) in [4.78, 5) is 19.6. The van der Waals surface area contributed by atoms with Gasteiger partial charge in [0, 0.05) is 12.0 Å². The van der Waals surface area contributed by atoms with Crippen LogP contribution in [-0.4, -0.2) is 58.6 Å². The van der Waals surface area contributed by atoms with E-state index in [1.54, 1.807) is 0 Å². The first-order valence-electron chi connectivity index (χ1n) is 3.38. The quantitative estimate of drug-likeness (QED) is 0.288. The molecule has 3 N–H and O–H groups in total. The van der Waals surface area contributed by atoms with Gasteiger partial charge in [-0.3, -0.25) is 4.55 Å². The van der Waals surface area contributed by atoms with E-state index in [1.807, 2.05) is 0 Å². The molecule has 0 aliphatic rings. The van der Waals surface area contributed by atoms with E-state index >= 15 is 0 Å². The van der Waals surface area contributed by atoms with Crippen molar-refractivity contribution in [2.75, 3.05) is 0 Å². The molecule has 0 saturated carbocycles. The molecule has 12 heteroatoms. The maximum Gasteiger partial charge on any atom is 2.00 e. The van der Waals surface area contributed by atoms with E-state index in [0.717, 1.165) is 0 Å². The Balaban J connectivity index is -0.000000105. The Kier molecular flexibility index (Phi) is 20.0. The molecule has 0 bridgehead atoms. The van der Waals surface area contributed by atoms with Crippen molar-refractivity contribution in [2.45, 2.75) is 18.9 Å². The molecular formula is C5H8MgNNaO8S. The maximum absolute atomic E-state index is 9.86. The Morgan fingerprint density at radius 1 is 1.29 bits per heavy atom. The molecule has 0 aromatic carbocycles. The fraction of sp³-hybridized carbons (Fsp3) is 0.600. The summed E-state index contributed by atoms with van der Waals surface area (Å²) in [6, 6.07) is -1.21. The van der Waals surface area contributed by atoms with Crippen molar-refractivity contribution in [2.24, 2.45) is 5.73 Å². The monoisotopic (exact) mass is 289 g/mol. The van der Waals surface area contributed by atoms with Crippen molar-refractivity contribution in [3.63, 3.8) is 0 Å². The van der Waals surface area contributed by atoms with Crippen molar-refractivity contribution < 1.29 is 66.9 Å². The number of carboxylic acids is 2. The van der Waals surface area contributed by atoms with Gasteiger partial charge >= 0.3 is 52.6 Å². The second kappa shape index (κ2) is 13.0. The molecule has 9 nitrogen and oxygen atoms in total. The fourth-order valence-electron chi connectivity index (χ4n) is 0.391. The average molecular weight is 289 g/mol. The van der Waals surface area contributed by atoms with Gasteiger partial charge in [-0.15, -0.1) is 0 Å². The standard InChI is InChI=1S/C5H9NO4.Mg.Na.H2O4S/c6-3(5(9)10)1-2-4(7)8;;;1-5(2,3)4/h3H,1-2,6H2,(H,7,8)(H,9,10);;;(H2,1,2,3,4)/q;+2;+1;/p-3/t3-;;;/m0.../s1. The van der Waals surface area contributed by atoms with Crippen molar-refractivity contribution in [3.8, 4) is 0 Å². The molecule has 17 heavy (non-hydrogen) atoms. The summed E-state index contributed by atoms with van der Waals surface area (Å²) in [5.74, 6) is -2.75. The van der Waals surface area contributed by atoms with Gasteiger partial charge in [0.1, 0.15) is 0 Å². The number of nitrogens with two attached hydrogens (primary N) is 1. The van der Waals surface area contributed by atoms with Gasteiger partial charge in [-0.05, 0) is 12.8 Å². The van der Waals surface area contributed by atoms with E-state index in [4.69, 9.17) is 23.3 Å². The number of hydrogen-bond donors (Lipinski definition) is 2. The van der Waals surface area contributed by atoms with E-state index in [-0.39, 0.29) is 65.5 Å². The van der Waals surface area contributed by atoms with E-state index in [1.165, 1.54) is 0 Å². The predicted octanol–water partition coefficient (Wildman–Crippen LogP) is -7.78. The summed E-state index contributed by atoms with van der Waals surface area (Å²) in [6.45, 7) is 0. The third-order valence-corrected chi connectivity index (χ3v) is 0.962. The Morgan fingerprint density at radius 2 is 1.59 bits per heavy atom. The van der Waals surface area contributed by atoms with Crippen LogP contribution in [0.15, 0.2) is 0 Å². The summed E-state index contributed by atoms with van der Waals surface area (Å²) in [5.41, 5.74) is 4.91. The van der Waals surface area contributed by atoms with Crippen molar-refractivity contribution in [1.82, 2.24) is 0 Å². The minimum atomic E-state index is -4.92. The number of hydrogen-bond acceptors (Lipinski definition) is 8. The normalized spacial score (nSPS) is 10.8. The van der Waals surface area contributed by atoms with E-state index in [9.17, 15) is 19.8 Å².